The number of carboxylic acids is 1. The van der Waals surface area contributed by atoms with Crippen molar-refractivity contribution in [3.05, 3.63) is 71.7 Å². The number of rotatable bonds is 3. The first-order valence-electron chi connectivity index (χ1n) is 6.98. The molecule has 1 heterocycles. The molecule has 0 amide bonds. The van der Waals surface area contributed by atoms with Gasteiger partial charge in [-0.2, -0.15) is 0 Å². The van der Waals surface area contributed by atoms with Gasteiger partial charge < -0.3 is 5.11 Å². The number of aromatic carboxylic acids is 1. The van der Waals surface area contributed by atoms with Crippen molar-refractivity contribution in [2.75, 3.05) is 0 Å². The van der Waals surface area contributed by atoms with Gasteiger partial charge in [0.15, 0.2) is 5.82 Å². The van der Waals surface area contributed by atoms with Crippen LogP contribution in [0, 0.1) is 12.7 Å². The van der Waals surface area contributed by atoms with Crippen molar-refractivity contribution in [1.82, 2.24) is 9.97 Å². The largest absolute Gasteiger partial charge is 0.478 e. The van der Waals surface area contributed by atoms with Crippen LogP contribution < -0.4 is 0 Å². The van der Waals surface area contributed by atoms with Crippen LogP contribution in [0.15, 0.2) is 54.7 Å². The highest BCUT2D eigenvalue weighted by Gasteiger charge is 2.12. The predicted molar refractivity (Wildman–Crippen MR) is 84.6 cm³/mol. The summed E-state index contributed by atoms with van der Waals surface area (Å²) in [5.41, 5.74) is 2.35. The number of nitrogens with zero attached hydrogens (tertiary/aromatic N) is 2. The minimum Gasteiger partial charge on any atom is -0.478 e. The Bertz CT molecular complexity index is 894. The average Bonchev–Trinajstić information content (AvgIpc) is 2.56. The Morgan fingerprint density at radius 1 is 1.13 bits per heavy atom. The van der Waals surface area contributed by atoms with Crippen LogP contribution in [0.5, 0.6) is 0 Å². The van der Waals surface area contributed by atoms with Crippen molar-refractivity contribution in [3.63, 3.8) is 0 Å². The third-order valence-electron chi connectivity index (χ3n) is 3.47. The summed E-state index contributed by atoms with van der Waals surface area (Å²) < 4.78 is 14.0. The van der Waals surface area contributed by atoms with E-state index in [1.54, 1.807) is 43.5 Å². The third-order valence-corrected chi connectivity index (χ3v) is 3.47. The lowest BCUT2D eigenvalue weighted by Gasteiger charge is -2.09. The normalized spacial score (nSPS) is 10.5. The SMILES string of the molecule is Cc1cnc(-c2cccc(C(=O)O)c2)nc1-c1ccccc1F. The number of hydrogen-bond donors (Lipinski definition) is 1. The third kappa shape index (κ3) is 2.94. The van der Waals surface area contributed by atoms with Crippen LogP contribution >= 0.6 is 0 Å². The molecule has 3 aromatic rings. The number of carboxylic acid groups (broad SMARTS) is 1. The molecule has 1 N–H and O–H groups in total. The zero-order valence-corrected chi connectivity index (χ0v) is 12.3. The van der Waals surface area contributed by atoms with Gasteiger partial charge in [0.1, 0.15) is 5.82 Å². The number of aromatic nitrogens is 2. The van der Waals surface area contributed by atoms with E-state index in [1.165, 1.54) is 18.2 Å². The molecule has 0 aliphatic heterocycles. The summed E-state index contributed by atoms with van der Waals surface area (Å²) in [5, 5.41) is 9.08. The summed E-state index contributed by atoms with van der Waals surface area (Å²) in [5.74, 6) is -1.02. The molecule has 0 spiro atoms. The van der Waals surface area contributed by atoms with Crippen LogP contribution in [0.25, 0.3) is 22.6 Å². The van der Waals surface area contributed by atoms with Crippen molar-refractivity contribution in [2.24, 2.45) is 0 Å². The van der Waals surface area contributed by atoms with Crippen LogP contribution in [-0.4, -0.2) is 21.0 Å². The maximum atomic E-state index is 14.0. The van der Waals surface area contributed by atoms with Crippen LogP contribution in [0.3, 0.4) is 0 Å². The predicted octanol–water partition coefficient (Wildman–Crippen LogP) is 3.96. The summed E-state index contributed by atoms with van der Waals surface area (Å²) in [4.78, 5) is 19.7. The molecule has 0 radical (unpaired) electrons. The minimum absolute atomic E-state index is 0.152. The van der Waals surface area contributed by atoms with Crippen LogP contribution in [0.1, 0.15) is 15.9 Å². The van der Waals surface area contributed by atoms with Crippen molar-refractivity contribution >= 4 is 5.97 Å². The Morgan fingerprint density at radius 3 is 2.65 bits per heavy atom. The lowest BCUT2D eigenvalue weighted by Crippen LogP contribution is -1.99. The molecule has 4 nitrogen and oxygen atoms in total. The molecule has 0 saturated heterocycles. The van der Waals surface area contributed by atoms with Gasteiger partial charge in [-0.25, -0.2) is 19.2 Å². The average molecular weight is 308 g/mol. The molecule has 3 rings (SSSR count). The highest BCUT2D eigenvalue weighted by Crippen LogP contribution is 2.26. The van der Waals surface area contributed by atoms with Gasteiger partial charge in [0.25, 0.3) is 0 Å². The van der Waals surface area contributed by atoms with E-state index in [2.05, 4.69) is 9.97 Å². The molecule has 0 fully saturated rings. The second-order valence-electron chi connectivity index (χ2n) is 5.09. The first-order valence-corrected chi connectivity index (χ1v) is 6.98. The fraction of sp³-hybridized carbons (Fsp3) is 0.0556. The monoisotopic (exact) mass is 308 g/mol. The fourth-order valence-corrected chi connectivity index (χ4v) is 2.30. The molecule has 0 atom stereocenters. The maximum Gasteiger partial charge on any atom is 0.335 e. The second kappa shape index (κ2) is 5.96. The molecule has 0 aliphatic carbocycles. The van der Waals surface area contributed by atoms with Crippen LogP contribution in [0.2, 0.25) is 0 Å². The quantitative estimate of drug-likeness (QED) is 0.795. The molecule has 0 unspecified atom stereocenters. The Labute approximate surface area is 132 Å². The smallest absolute Gasteiger partial charge is 0.335 e. The van der Waals surface area contributed by atoms with Gasteiger partial charge >= 0.3 is 5.97 Å². The molecule has 0 saturated carbocycles. The highest BCUT2D eigenvalue weighted by atomic mass is 19.1. The minimum atomic E-state index is -1.02. The number of hydrogen-bond acceptors (Lipinski definition) is 3. The lowest BCUT2D eigenvalue weighted by atomic mass is 10.1. The number of benzene rings is 2. The molecule has 114 valence electrons. The van der Waals surface area contributed by atoms with Gasteiger partial charge in [0.05, 0.1) is 11.3 Å². The maximum absolute atomic E-state index is 14.0. The zero-order chi connectivity index (χ0) is 16.4. The van der Waals surface area contributed by atoms with Gasteiger partial charge in [0, 0.05) is 17.3 Å². The molecule has 23 heavy (non-hydrogen) atoms. The Hall–Kier alpha value is -3.08. The summed E-state index contributed by atoms with van der Waals surface area (Å²) >= 11 is 0. The zero-order valence-electron chi connectivity index (χ0n) is 12.3. The van der Waals surface area contributed by atoms with E-state index in [0.29, 0.717) is 22.6 Å². The van der Waals surface area contributed by atoms with Gasteiger partial charge in [0.2, 0.25) is 0 Å². The number of aryl methyl sites for hydroxylation is 1. The van der Waals surface area contributed by atoms with Gasteiger partial charge in [-0.15, -0.1) is 0 Å². The first kappa shape index (κ1) is 14.8. The van der Waals surface area contributed by atoms with Crippen molar-refractivity contribution < 1.29 is 14.3 Å². The van der Waals surface area contributed by atoms with E-state index in [-0.39, 0.29) is 11.4 Å². The highest BCUT2D eigenvalue weighted by molar-refractivity contribution is 5.89. The molecular weight excluding hydrogens is 295 g/mol. The molecule has 2 aromatic carbocycles. The summed E-state index contributed by atoms with van der Waals surface area (Å²) in [6.45, 7) is 1.80. The Kier molecular flexibility index (Phi) is 3.85. The topological polar surface area (TPSA) is 63.1 Å². The summed E-state index contributed by atoms with van der Waals surface area (Å²) in [7, 11) is 0. The van der Waals surface area contributed by atoms with E-state index in [9.17, 15) is 9.18 Å². The van der Waals surface area contributed by atoms with Crippen molar-refractivity contribution in [1.29, 1.82) is 0 Å². The Balaban J connectivity index is 2.13. The fourth-order valence-electron chi connectivity index (χ4n) is 2.30. The standard InChI is InChI=1S/C18H13FN2O2/c1-11-10-20-17(12-5-4-6-13(9-12)18(22)23)21-16(11)14-7-2-3-8-15(14)19/h2-10H,1H3,(H,22,23). The molecule has 0 aliphatic rings. The Morgan fingerprint density at radius 2 is 1.91 bits per heavy atom. The number of carbonyl (C=O) groups is 1. The first-order chi connectivity index (χ1) is 11.1. The van der Waals surface area contributed by atoms with Crippen LogP contribution in [0.4, 0.5) is 4.39 Å². The van der Waals surface area contributed by atoms with E-state index < -0.39 is 5.97 Å². The van der Waals surface area contributed by atoms with Gasteiger partial charge in [-0.05, 0) is 36.8 Å². The van der Waals surface area contributed by atoms with Crippen molar-refractivity contribution in [2.45, 2.75) is 6.92 Å². The second-order valence-corrected chi connectivity index (χ2v) is 5.09. The lowest BCUT2D eigenvalue weighted by molar-refractivity contribution is 0.0697. The van der Waals surface area contributed by atoms with Gasteiger partial charge in [-0.1, -0.05) is 24.3 Å². The molecule has 5 heteroatoms. The van der Waals surface area contributed by atoms with Gasteiger partial charge in [-0.3, -0.25) is 0 Å². The van der Waals surface area contributed by atoms with E-state index in [0.717, 1.165) is 5.56 Å². The number of halogens is 1. The van der Waals surface area contributed by atoms with E-state index in [1.807, 2.05) is 0 Å². The molecular formula is C18H13FN2O2. The van der Waals surface area contributed by atoms with Crippen molar-refractivity contribution in [3.8, 4) is 22.6 Å². The van der Waals surface area contributed by atoms with E-state index >= 15 is 0 Å². The summed E-state index contributed by atoms with van der Waals surface area (Å²) in [6.07, 6.45) is 1.61. The molecule has 1 aromatic heterocycles. The van der Waals surface area contributed by atoms with Crippen LogP contribution in [-0.2, 0) is 0 Å². The summed E-state index contributed by atoms with van der Waals surface area (Å²) in [6, 6.07) is 12.7. The molecule has 0 bridgehead atoms. The van der Waals surface area contributed by atoms with E-state index in [4.69, 9.17) is 5.11 Å².